The Kier molecular flexibility index (Phi) is 3.95. The van der Waals surface area contributed by atoms with Gasteiger partial charge in [0, 0.05) is 17.5 Å². The number of anilines is 1. The molecule has 2 rings (SSSR count). The average Bonchev–Trinajstić information content (AvgIpc) is 2.77. The Morgan fingerprint density at radius 1 is 1.33 bits per heavy atom. The van der Waals surface area contributed by atoms with Crippen molar-refractivity contribution in [2.24, 2.45) is 4.99 Å². The normalized spacial score (nSPS) is 11.3. The molecule has 1 aromatic heterocycles. The minimum absolute atomic E-state index is 0.885. The molecule has 0 amide bonds. The van der Waals surface area contributed by atoms with E-state index in [1.165, 1.54) is 10.4 Å². The summed E-state index contributed by atoms with van der Waals surface area (Å²) in [5.74, 6) is 0.885. The van der Waals surface area contributed by atoms with Crippen LogP contribution in [0.3, 0.4) is 0 Å². The first-order valence-electron chi connectivity index (χ1n) is 5.76. The molecule has 0 fully saturated rings. The van der Waals surface area contributed by atoms with Crippen LogP contribution >= 0.6 is 11.3 Å². The van der Waals surface area contributed by atoms with E-state index < -0.39 is 0 Å². The van der Waals surface area contributed by atoms with Gasteiger partial charge in [-0.2, -0.15) is 0 Å². The van der Waals surface area contributed by atoms with E-state index in [1.807, 2.05) is 36.4 Å². The molecule has 18 heavy (non-hydrogen) atoms. The fourth-order valence-corrected chi connectivity index (χ4v) is 2.61. The highest BCUT2D eigenvalue weighted by atomic mass is 32.1. The van der Waals surface area contributed by atoms with Gasteiger partial charge in [-0.1, -0.05) is 43.0 Å². The van der Waals surface area contributed by atoms with Crippen molar-refractivity contribution in [3.8, 4) is 0 Å². The molecule has 1 heterocycles. The fraction of sp³-hybridized carbons (Fsp3) is 0.133. The van der Waals surface area contributed by atoms with Crippen molar-refractivity contribution in [1.82, 2.24) is 0 Å². The molecule has 3 heteroatoms. The number of nitrogens with zero attached hydrogens (tertiary/aromatic N) is 1. The van der Waals surface area contributed by atoms with Gasteiger partial charge in [0.25, 0.3) is 0 Å². The summed E-state index contributed by atoms with van der Waals surface area (Å²) < 4.78 is 0. The number of hydrogen-bond donors (Lipinski definition) is 1. The van der Waals surface area contributed by atoms with Crippen LogP contribution in [0.5, 0.6) is 0 Å². The molecular formula is C15H16N2S. The maximum Gasteiger partial charge on any atom is 0.133 e. The lowest BCUT2D eigenvalue weighted by Crippen LogP contribution is -2.12. The lowest BCUT2D eigenvalue weighted by atomic mass is 10.2. The van der Waals surface area contributed by atoms with Gasteiger partial charge in [-0.05, 0) is 18.6 Å². The Morgan fingerprint density at radius 2 is 2.06 bits per heavy atom. The van der Waals surface area contributed by atoms with Gasteiger partial charge in [0.05, 0.1) is 5.00 Å². The molecule has 0 aliphatic carbocycles. The molecule has 2 nitrogen and oxygen atoms in total. The second kappa shape index (κ2) is 5.65. The van der Waals surface area contributed by atoms with Gasteiger partial charge in [-0.25, -0.2) is 0 Å². The second-order valence-electron chi connectivity index (χ2n) is 3.93. The first kappa shape index (κ1) is 12.6. The number of thiophene rings is 1. The quantitative estimate of drug-likeness (QED) is 0.646. The first-order valence-corrected chi connectivity index (χ1v) is 6.58. The van der Waals surface area contributed by atoms with Crippen molar-refractivity contribution in [3.05, 3.63) is 59.0 Å². The van der Waals surface area contributed by atoms with Crippen LogP contribution in [-0.4, -0.2) is 12.9 Å². The highest BCUT2D eigenvalue weighted by molar-refractivity contribution is 7.17. The molecule has 0 saturated heterocycles. The zero-order chi connectivity index (χ0) is 13.0. The van der Waals surface area contributed by atoms with Crippen molar-refractivity contribution in [3.63, 3.8) is 0 Å². The van der Waals surface area contributed by atoms with Gasteiger partial charge in [-0.15, -0.1) is 11.3 Å². The van der Waals surface area contributed by atoms with E-state index >= 15 is 0 Å². The standard InChI is InChI=1S/C15H16N2S/c1-4-13-10-11(2)15(18-13)17-14(16-3)12-8-6-5-7-9-12/h4-10H,1H2,2-3H3,(H,16,17). The summed E-state index contributed by atoms with van der Waals surface area (Å²) in [5.41, 5.74) is 2.31. The van der Waals surface area contributed by atoms with Gasteiger partial charge < -0.3 is 5.32 Å². The Bertz CT molecular complexity index is 567. The molecule has 0 aliphatic heterocycles. The molecule has 1 N–H and O–H groups in total. The first-order chi connectivity index (χ1) is 8.74. The van der Waals surface area contributed by atoms with E-state index in [1.54, 1.807) is 18.4 Å². The van der Waals surface area contributed by atoms with Gasteiger partial charge in [0.1, 0.15) is 5.84 Å². The van der Waals surface area contributed by atoms with Crippen LogP contribution in [0.15, 0.2) is 48.0 Å². The summed E-state index contributed by atoms with van der Waals surface area (Å²) >= 11 is 1.69. The highest BCUT2D eigenvalue weighted by Crippen LogP contribution is 2.28. The SMILES string of the molecule is C=Cc1cc(C)c(NC(=NC)c2ccccc2)s1. The van der Waals surface area contributed by atoms with Gasteiger partial charge in [0.15, 0.2) is 0 Å². The largest absolute Gasteiger partial charge is 0.332 e. The van der Waals surface area contributed by atoms with Crippen molar-refractivity contribution >= 4 is 28.2 Å². The lowest BCUT2D eigenvalue weighted by Gasteiger charge is -2.08. The summed E-state index contributed by atoms with van der Waals surface area (Å²) in [6, 6.07) is 12.2. The van der Waals surface area contributed by atoms with Gasteiger partial charge in [-0.3, -0.25) is 4.99 Å². The molecule has 0 aliphatic rings. The maximum atomic E-state index is 4.32. The minimum atomic E-state index is 0.885. The smallest absolute Gasteiger partial charge is 0.133 e. The molecule has 2 aromatic rings. The van der Waals surface area contributed by atoms with Crippen LogP contribution in [0.25, 0.3) is 6.08 Å². The van der Waals surface area contributed by atoms with Crippen LogP contribution in [0.4, 0.5) is 5.00 Å². The zero-order valence-electron chi connectivity index (χ0n) is 10.6. The third kappa shape index (κ3) is 2.68. The molecule has 0 spiro atoms. The summed E-state index contributed by atoms with van der Waals surface area (Å²) in [7, 11) is 1.80. The number of hydrogen-bond acceptors (Lipinski definition) is 2. The van der Waals surface area contributed by atoms with Crippen LogP contribution in [-0.2, 0) is 0 Å². The Balaban J connectivity index is 2.26. The van der Waals surface area contributed by atoms with Crippen molar-refractivity contribution in [2.45, 2.75) is 6.92 Å². The minimum Gasteiger partial charge on any atom is -0.332 e. The number of benzene rings is 1. The monoisotopic (exact) mass is 256 g/mol. The summed E-state index contributed by atoms with van der Waals surface area (Å²) in [4.78, 5) is 5.48. The third-order valence-corrected chi connectivity index (χ3v) is 3.79. The maximum absolute atomic E-state index is 4.32. The zero-order valence-corrected chi connectivity index (χ0v) is 11.4. The molecule has 0 saturated carbocycles. The van der Waals surface area contributed by atoms with Gasteiger partial charge >= 0.3 is 0 Å². The number of nitrogens with one attached hydrogen (secondary N) is 1. The average molecular weight is 256 g/mol. The molecule has 0 atom stereocenters. The van der Waals surface area contributed by atoms with E-state index in [4.69, 9.17) is 0 Å². The van der Waals surface area contributed by atoms with Crippen molar-refractivity contribution in [1.29, 1.82) is 0 Å². The van der Waals surface area contributed by atoms with E-state index in [-0.39, 0.29) is 0 Å². The number of aryl methyl sites for hydroxylation is 1. The number of amidine groups is 1. The number of rotatable bonds is 3. The van der Waals surface area contributed by atoms with Crippen molar-refractivity contribution in [2.75, 3.05) is 12.4 Å². The van der Waals surface area contributed by atoms with E-state index in [2.05, 4.69) is 29.9 Å². The summed E-state index contributed by atoms with van der Waals surface area (Å²) in [5, 5.41) is 4.51. The molecule has 0 unspecified atom stereocenters. The van der Waals surface area contributed by atoms with Crippen LogP contribution in [0.1, 0.15) is 16.0 Å². The van der Waals surface area contributed by atoms with E-state index in [0.29, 0.717) is 0 Å². The summed E-state index contributed by atoms with van der Waals surface area (Å²) in [6.07, 6.45) is 1.87. The Morgan fingerprint density at radius 3 is 2.61 bits per heavy atom. The molecular weight excluding hydrogens is 240 g/mol. The molecule has 92 valence electrons. The Hall–Kier alpha value is -1.87. The highest BCUT2D eigenvalue weighted by Gasteiger charge is 2.07. The topological polar surface area (TPSA) is 24.4 Å². The predicted molar refractivity (Wildman–Crippen MR) is 81.7 cm³/mol. The van der Waals surface area contributed by atoms with Crippen LogP contribution in [0.2, 0.25) is 0 Å². The molecule has 0 bridgehead atoms. The summed E-state index contributed by atoms with van der Waals surface area (Å²) in [6.45, 7) is 5.88. The van der Waals surface area contributed by atoms with Crippen molar-refractivity contribution < 1.29 is 0 Å². The predicted octanol–water partition coefficient (Wildman–Crippen LogP) is 4.19. The number of aliphatic imine (C=N–C) groups is 1. The molecule has 1 aromatic carbocycles. The van der Waals surface area contributed by atoms with Crippen LogP contribution < -0.4 is 5.32 Å². The van der Waals surface area contributed by atoms with Crippen LogP contribution in [0, 0.1) is 6.92 Å². The Labute approximate surface area is 112 Å². The van der Waals surface area contributed by atoms with Gasteiger partial charge in [0.2, 0.25) is 0 Å². The second-order valence-corrected chi connectivity index (χ2v) is 5.01. The molecule has 0 radical (unpaired) electrons. The fourth-order valence-electron chi connectivity index (χ4n) is 1.69. The van der Waals surface area contributed by atoms with E-state index in [9.17, 15) is 0 Å². The third-order valence-electron chi connectivity index (χ3n) is 2.64. The van der Waals surface area contributed by atoms with E-state index in [0.717, 1.165) is 16.4 Å². The lowest BCUT2D eigenvalue weighted by molar-refractivity contribution is 1.40.